The molecule has 2 heteroatoms. The highest BCUT2D eigenvalue weighted by molar-refractivity contribution is 5.03. The van der Waals surface area contributed by atoms with Gasteiger partial charge < -0.3 is 10.2 Å². The minimum absolute atomic E-state index is 0.425. The van der Waals surface area contributed by atoms with Gasteiger partial charge in [-0.05, 0) is 77.4 Å². The molecule has 3 fully saturated rings. The lowest BCUT2D eigenvalue weighted by molar-refractivity contribution is 0.0455. The van der Waals surface area contributed by atoms with E-state index in [2.05, 4.69) is 31.4 Å². The molecule has 0 radical (unpaired) electrons. The zero-order valence-corrected chi connectivity index (χ0v) is 13.8. The van der Waals surface area contributed by atoms with Gasteiger partial charge in [0.1, 0.15) is 0 Å². The van der Waals surface area contributed by atoms with Gasteiger partial charge in [-0.3, -0.25) is 0 Å². The summed E-state index contributed by atoms with van der Waals surface area (Å²) in [7, 11) is 6.84. The van der Waals surface area contributed by atoms with E-state index in [4.69, 9.17) is 0 Å². The van der Waals surface area contributed by atoms with Gasteiger partial charge in [-0.25, -0.2) is 0 Å². The maximum absolute atomic E-state index is 3.74. The van der Waals surface area contributed by atoms with Crippen LogP contribution in [0.1, 0.15) is 64.2 Å². The second kappa shape index (κ2) is 5.96. The van der Waals surface area contributed by atoms with Gasteiger partial charge in [0.25, 0.3) is 0 Å². The van der Waals surface area contributed by atoms with Crippen LogP contribution < -0.4 is 5.32 Å². The zero-order chi connectivity index (χ0) is 14.2. The van der Waals surface area contributed by atoms with Gasteiger partial charge >= 0.3 is 0 Å². The average molecular weight is 278 g/mol. The summed E-state index contributed by atoms with van der Waals surface area (Å²) in [5, 5.41) is 3.74. The summed E-state index contributed by atoms with van der Waals surface area (Å²) in [5.41, 5.74) is 0.425. The molecule has 0 saturated heterocycles. The van der Waals surface area contributed by atoms with Crippen LogP contribution in [0.5, 0.6) is 0 Å². The predicted octanol–water partition coefficient (Wildman–Crippen LogP) is 3.67. The molecule has 3 aliphatic carbocycles. The summed E-state index contributed by atoms with van der Waals surface area (Å²) in [4.78, 5) is 2.56. The quantitative estimate of drug-likeness (QED) is 0.825. The Kier molecular flexibility index (Phi) is 4.42. The van der Waals surface area contributed by atoms with E-state index in [1.807, 2.05) is 0 Å². The lowest BCUT2D eigenvalue weighted by atomic mass is 9.71. The fraction of sp³-hybridized carbons (Fsp3) is 1.00. The van der Waals surface area contributed by atoms with Crippen LogP contribution in [0.2, 0.25) is 0 Å². The van der Waals surface area contributed by atoms with E-state index in [-0.39, 0.29) is 0 Å². The molecule has 3 aliphatic rings. The molecule has 2 bridgehead atoms. The van der Waals surface area contributed by atoms with Crippen molar-refractivity contribution in [2.75, 3.05) is 21.1 Å². The number of likely N-dealkylation sites (N-methyl/N-ethyl adjacent to an activating group) is 2. The average Bonchev–Trinajstić information content (AvgIpc) is 3.07. The first kappa shape index (κ1) is 14.8. The topological polar surface area (TPSA) is 15.3 Å². The summed E-state index contributed by atoms with van der Waals surface area (Å²) in [6.07, 6.45) is 14.7. The Morgan fingerprint density at radius 2 is 1.85 bits per heavy atom. The molecule has 0 amide bonds. The van der Waals surface area contributed by atoms with Crippen molar-refractivity contribution in [1.29, 1.82) is 0 Å². The van der Waals surface area contributed by atoms with Crippen LogP contribution in [0, 0.1) is 17.8 Å². The van der Waals surface area contributed by atoms with E-state index in [9.17, 15) is 0 Å². The van der Waals surface area contributed by atoms with Gasteiger partial charge in [0.2, 0.25) is 0 Å². The maximum atomic E-state index is 3.74. The summed E-state index contributed by atoms with van der Waals surface area (Å²) < 4.78 is 0. The van der Waals surface area contributed by atoms with Gasteiger partial charge in [0, 0.05) is 11.6 Å². The van der Waals surface area contributed by atoms with Crippen molar-refractivity contribution in [1.82, 2.24) is 10.2 Å². The molecule has 4 atom stereocenters. The smallest absolute Gasteiger partial charge is 0.0356 e. The third kappa shape index (κ3) is 2.54. The molecule has 0 spiro atoms. The van der Waals surface area contributed by atoms with Crippen molar-refractivity contribution >= 4 is 0 Å². The number of rotatable bonds is 5. The summed E-state index contributed by atoms with van der Waals surface area (Å²) in [6.45, 7) is 0. The van der Waals surface area contributed by atoms with E-state index in [1.54, 1.807) is 6.42 Å². The molecule has 0 aliphatic heterocycles. The Balaban J connectivity index is 1.70. The van der Waals surface area contributed by atoms with E-state index in [1.165, 1.54) is 57.8 Å². The highest BCUT2D eigenvalue weighted by Gasteiger charge is 2.45. The summed E-state index contributed by atoms with van der Waals surface area (Å²) in [5.74, 6) is 3.17. The second-order valence-corrected chi connectivity index (χ2v) is 8.07. The van der Waals surface area contributed by atoms with E-state index >= 15 is 0 Å². The van der Waals surface area contributed by atoms with Gasteiger partial charge in [0.05, 0.1) is 0 Å². The van der Waals surface area contributed by atoms with E-state index in [0.717, 1.165) is 17.8 Å². The molecular formula is C18H34N2. The Labute approximate surface area is 125 Å². The minimum Gasteiger partial charge on any atom is -0.315 e. The molecule has 0 aromatic carbocycles. The Morgan fingerprint density at radius 1 is 1.10 bits per heavy atom. The van der Waals surface area contributed by atoms with E-state index in [0.29, 0.717) is 11.6 Å². The SMILES string of the molecule is CNC(CC1CC2CCC1C2)C1(N(C)C)CCCCC1. The molecule has 4 unspecified atom stereocenters. The molecule has 2 nitrogen and oxygen atoms in total. The van der Waals surface area contributed by atoms with Crippen LogP contribution in [0.25, 0.3) is 0 Å². The van der Waals surface area contributed by atoms with Crippen LogP contribution in [0.15, 0.2) is 0 Å². The standard InChI is InChI=1S/C18H34N2/c1-19-17(13-16-12-14-7-8-15(16)11-14)18(20(2)3)9-5-4-6-10-18/h14-17,19H,4-13H2,1-3H3. The van der Waals surface area contributed by atoms with Crippen LogP contribution in [-0.2, 0) is 0 Å². The third-order valence-electron chi connectivity index (χ3n) is 7.03. The monoisotopic (exact) mass is 278 g/mol. The van der Waals surface area contributed by atoms with Crippen molar-refractivity contribution in [2.45, 2.75) is 75.8 Å². The van der Waals surface area contributed by atoms with Gasteiger partial charge in [0.15, 0.2) is 0 Å². The number of hydrogen-bond donors (Lipinski definition) is 1. The summed E-state index contributed by atoms with van der Waals surface area (Å²) >= 11 is 0. The van der Waals surface area contributed by atoms with Crippen LogP contribution in [-0.4, -0.2) is 37.6 Å². The maximum Gasteiger partial charge on any atom is 0.0356 e. The van der Waals surface area contributed by atoms with Crippen molar-refractivity contribution in [3.63, 3.8) is 0 Å². The lowest BCUT2D eigenvalue weighted by Gasteiger charge is -2.49. The number of nitrogens with zero attached hydrogens (tertiary/aromatic N) is 1. The molecule has 0 heterocycles. The molecular weight excluding hydrogens is 244 g/mol. The third-order valence-corrected chi connectivity index (χ3v) is 7.03. The van der Waals surface area contributed by atoms with Crippen molar-refractivity contribution in [3.05, 3.63) is 0 Å². The summed E-state index contributed by atoms with van der Waals surface area (Å²) in [6, 6.07) is 0.696. The minimum atomic E-state index is 0.425. The van der Waals surface area contributed by atoms with Crippen molar-refractivity contribution in [2.24, 2.45) is 17.8 Å². The molecule has 20 heavy (non-hydrogen) atoms. The van der Waals surface area contributed by atoms with Gasteiger partial charge in [-0.2, -0.15) is 0 Å². The normalized spacial score (nSPS) is 37.5. The molecule has 1 N–H and O–H groups in total. The fourth-order valence-corrected chi connectivity index (χ4v) is 5.85. The first-order chi connectivity index (χ1) is 9.65. The fourth-order valence-electron chi connectivity index (χ4n) is 5.85. The van der Waals surface area contributed by atoms with Crippen LogP contribution >= 0.6 is 0 Å². The first-order valence-corrected chi connectivity index (χ1v) is 9.00. The molecule has 3 saturated carbocycles. The first-order valence-electron chi connectivity index (χ1n) is 9.00. The number of nitrogens with one attached hydrogen (secondary N) is 1. The Bertz CT molecular complexity index is 319. The number of hydrogen-bond acceptors (Lipinski definition) is 2. The Hall–Kier alpha value is -0.0800. The lowest BCUT2D eigenvalue weighted by Crippen LogP contribution is -2.59. The highest BCUT2D eigenvalue weighted by atomic mass is 15.2. The molecule has 0 aromatic heterocycles. The van der Waals surface area contributed by atoms with Crippen LogP contribution in [0.3, 0.4) is 0 Å². The largest absolute Gasteiger partial charge is 0.315 e. The Morgan fingerprint density at radius 3 is 2.35 bits per heavy atom. The highest BCUT2D eigenvalue weighted by Crippen LogP contribution is 2.51. The van der Waals surface area contributed by atoms with Gasteiger partial charge in [-0.15, -0.1) is 0 Å². The van der Waals surface area contributed by atoms with Crippen molar-refractivity contribution in [3.8, 4) is 0 Å². The molecule has 116 valence electrons. The second-order valence-electron chi connectivity index (χ2n) is 8.07. The van der Waals surface area contributed by atoms with Crippen LogP contribution in [0.4, 0.5) is 0 Å². The van der Waals surface area contributed by atoms with E-state index < -0.39 is 0 Å². The molecule has 3 rings (SSSR count). The van der Waals surface area contributed by atoms with Crippen molar-refractivity contribution < 1.29 is 0 Å². The van der Waals surface area contributed by atoms with Gasteiger partial charge in [-0.1, -0.05) is 25.7 Å². The number of fused-ring (bicyclic) bond motifs is 2. The zero-order valence-electron chi connectivity index (χ0n) is 13.8. The predicted molar refractivity (Wildman–Crippen MR) is 85.9 cm³/mol. The molecule has 0 aromatic rings.